The van der Waals surface area contributed by atoms with Gasteiger partial charge in [-0.3, -0.25) is 9.89 Å². The maximum atomic E-state index is 6.09. The van der Waals surface area contributed by atoms with Crippen molar-refractivity contribution in [3.8, 4) is 0 Å². The summed E-state index contributed by atoms with van der Waals surface area (Å²) in [6.07, 6.45) is 1.93. The van der Waals surface area contributed by atoms with Crippen LogP contribution in [0.4, 0.5) is 0 Å². The van der Waals surface area contributed by atoms with Gasteiger partial charge in [0.05, 0.1) is 31.3 Å². The number of hydrogen-bond acceptors (Lipinski definition) is 3. The Morgan fingerprint density at radius 3 is 2.92 bits per heavy atom. The second kappa shape index (κ2) is 9.46. The summed E-state index contributed by atoms with van der Waals surface area (Å²) in [6, 6.07) is 2.84. The van der Waals surface area contributed by atoms with E-state index in [1.165, 1.54) is 0 Å². The van der Waals surface area contributed by atoms with Gasteiger partial charge in [0.2, 0.25) is 0 Å². The molecule has 0 bridgehead atoms. The van der Waals surface area contributed by atoms with Gasteiger partial charge in [-0.05, 0) is 26.8 Å². The standard InChI is InChI=1S/C18H32ClN5O/c1-6-20-18(23(5)12-17-9-16(19)11-22(17)4)21-10-14(2)24-7-8-25-13-15(24)3/h9,11,14-15H,6-8,10,12-13H2,1-5H3,(H,20,21). The van der Waals surface area contributed by atoms with Crippen LogP contribution < -0.4 is 5.32 Å². The molecule has 2 rings (SSSR count). The van der Waals surface area contributed by atoms with E-state index in [-0.39, 0.29) is 0 Å². The molecule has 1 N–H and O–H groups in total. The Morgan fingerprint density at radius 1 is 1.56 bits per heavy atom. The molecular formula is C18H32ClN5O. The Labute approximate surface area is 156 Å². The maximum Gasteiger partial charge on any atom is 0.194 e. The number of nitrogens with zero attached hydrogens (tertiary/aromatic N) is 4. The average Bonchev–Trinajstić information content (AvgIpc) is 2.88. The molecule has 2 unspecified atom stereocenters. The molecule has 25 heavy (non-hydrogen) atoms. The molecule has 7 heteroatoms. The van der Waals surface area contributed by atoms with Gasteiger partial charge < -0.3 is 19.5 Å². The molecule has 0 aliphatic carbocycles. The fourth-order valence-corrected chi connectivity index (χ4v) is 3.50. The van der Waals surface area contributed by atoms with Gasteiger partial charge in [-0.15, -0.1) is 0 Å². The number of nitrogens with one attached hydrogen (secondary N) is 1. The lowest BCUT2D eigenvalue weighted by molar-refractivity contribution is -0.0166. The number of aromatic nitrogens is 1. The van der Waals surface area contributed by atoms with E-state index in [9.17, 15) is 0 Å². The van der Waals surface area contributed by atoms with E-state index in [0.717, 1.165) is 56.1 Å². The van der Waals surface area contributed by atoms with E-state index in [2.05, 4.69) is 47.5 Å². The molecule has 142 valence electrons. The summed E-state index contributed by atoms with van der Waals surface area (Å²) in [5, 5.41) is 4.16. The van der Waals surface area contributed by atoms with Gasteiger partial charge in [0.1, 0.15) is 0 Å². The Hall–Kier alpha value is -1.24. The largest absolute Gasteiger partial charge is 0.379 e. The van der Waals surface area contributed by atoms with E-state index >= 15 is 0 Å². The number of aryl methyl sites for hydroxylation is 1. The molecule has 0 saturated carbocycles. The number of guanidine groups is 1. The third-order valence-corrected chi connectivity index (χ3v) is 4.87. The van der Waals surface area contributed by atoms with E-state index in [4.69, 9.17) is 21.3 Å². The molecule has 1 aromatic heterocycles. The second-order valence-corrected chi connectivity index (χ2v) is 7.26. The number of hydrogen-bond donors (Lipinski definition) is 1. The van der Waals surface area contributed by atoms with Crippen LogP contribution in [0.15, 0.2) is 17.3 Å². The zero-order valence-corrected chi connectivity index (χ0v) is 16.9. The number of halogens is 1. The number of rotatable bonds is 6. The van der Waals surface area contributed by atoms with Crippen LogP contribution in [0.1, 0.15) is 26.5 Å². The third kappa shape index (κ3) is 5.62. The second-order valence-electron chi connectivity index (χ2n) is 6.82. The summed E-state index contributed by atoms with van der Waals surface area (Å²) in [5.74, 6) is 0.924. The predicted molar refractivity (Wildman–Crippen MR) is 104 cm³/mol. The molecule has 1 saturated heterocycles. The predicted octanol–water partition coefficient (Wildman–Crippen LogP) is 2.19. The van der Waals surface area contributed by atoms with E-state index < -0.39 is 0 Å². The van der Waals surface area contributed by atoms with Crippen LogP contribution in [0, 0.1) is 0 Å². The van der Waals surface area contributed by atoms with Gasteiger partial charge in [0.25, 0.3) is 0 Å². The first kappa shape index (κ1) is 20.1. The first-order chi connectivity index (χ1) is 11.9. The molecule has 0 spiro atoms. The average molecular weight is 370 g/mol. The molecule has 0 radical (unpaired) electrons. The van der Waals surface area contributed by atoms with Crippen molar-refractivity contribution in [2.24, 2.45) is 12.0 Å². The van der Waals surface area contributed by atoms with Crippen molar-refractivity contribution in [1.82, 2.24) is 19.7 Å². The van der Waals surface area contributed by atoms with E-state index in [1.54, 1.807) is 0 Å². The fraction of sp³-hybridized carbons (Fsp3) is 0.722. The fourth-order valence-electron chi connectivity index (χ4n) is 3.23. The lowest BCUT2D eigenvalue weighted by atomic mass is 10.2. The van der Waals surface area contributed by atoms with Crippen molar-refractivity contribution in [2.75, 3.05) is 39.9 Å². The molecule has 1 fully saturated rings. The van der Waals surface area contributed by atoms with Gasteiger partial charge in [0.15, 0.2) is 5.96 Å². The monoisotopic (exact) mass is 369 g/mol. The number of ether oxygens (including phenoxy) is 1. The molecule has 1 aliphatic rings. The molecule has 0 amide bonds. The van der Waals surface area contributed by atoms with Gasteiger partial charge in [-0.1, -0.05) is 11.6 Å². The SMILES string of the molecule is CCNC(=NCC(C)N1CCOCC1C)N(C)Cc1cc(Cl)cn1C. The third-order valence-electron chi connectivity index (χ3n) is 4.66. The summed E-state index contributed by atoms with van der Waals surface area (Å²) < 4.78 is 7.59. The smallest absolute Gasteiger partial charge is 0.194 e. The quantitative estimate of drug-likeness (QED) is 0.616. The van der Waals surface area contributed by atoms with Crippen molar-refractivity contribution < 1.29 is 4.74 Å². The van der Waals surface area contributed by atoms with Crippen molar-refractivity contribution in [2.45, 2.75) is 39.4 Å². The van der Waals surface area contributed by atoms with Gasteiger partial charge in [-0.25, -0.2) is 0 Å². The zero-order valence-electron chi connectivity index (χ0n) is 16.1. The van der Waals surface area contributed by atoms with Crippen LogP contribution in [0.5, 0.6) is 0 Å². The highest BCUT2D eigenvalue weighted by atomic mass is 35.5. The molecule has 2 atom stereocenters. The van der Waals surface area contributed by atoms with Crippen molar-refractivity contribution in [3.63, 3.8) is 0 Å². The Bertz CT molecular complexity index is 574. The van der Waals surface area contributed by atoms with Crippen molar-refractivity contribution in [3.05, 3.63) is 23.0 Å². The van der Waals surface area contributed by atoms with E-state index in [1.807, 2.05) is 19.3 Å². The topological polar surface area (TPSA) is 45.0 Å². The van der Waals surface area contributed by atoms with Crippen LogP contribution >= 0.6 is 11.6 Å². The van der Waals surface area contributed by atoms with Gasteiger partial charge in [-0.2, -0.15) is 0 Å². The van der Waals surface area contributed by atoms with Crippen molar-refractivity contribution in [1.29, 1.82) is 0 Å². The number of morpholine rings is 1. The molecule has 6 nitrogen and oxygen atoms in total. The summed E-state index contributed by atoms with van der Waals surface area (Å²) >= 11 is 6.09. The van der Waals surface area contributed by atoms with E-state index in [0.29, 0.717) is 12.1 Å². The van der Waals surface area contributed by atoms with Gasteiger partial charge in [0, 0.05) is 51.2 Å². The van der Waals surface area contributed by atoms with Crippen LogP contribution in [-0.4, -0.2) is 72.3 Å². The molecule has 0 aromatic carbocycles. The minimum atomic E-state index is 0.394. The first-order valence-electron chi connectivity index (χ1n) is 9.06. The first-order valence-corrected chi connectivity index (χ1v) is 9.43. The lowest BCUT2D eigenvalue weighted by Gasteiger charge is -2.37. The highest BCUT2D eigenvalue weighted by Crippen LogP contribution is 2.14. The molecule has 1 aliphatic heterocycles. The van der Waals surface area contributed by atoms with Crippen LogP contribution in [0.25, 0.3) is 0 Å². The number of aliphatic imine (C=N–C) groups is 1. The normalized spacial score (nSPS) is 20.6. The zero-order chi connectivity index (χ0) is 18.4. The highest BCUT2D eigenvalue weighted by Gasteiger charge is 2.23. The van der Waals surface area contributed by atoms with Gasteiger partial charge >= 0.3 is 0 Å². The Morgan fingerprint density at radius 2 is 2.32 bits per heavy atom. The minimum Gasteiger partial charge on any atom is -0.379 e. The maximum absolute atomic E-state index is 6.09. The Balaban J connectivity index is 2.00. The summed E-state index contributed by atoms with van der Waals surface area (Å²) in [6.45, 7) is 11.5. The van der Waals surface area contributed by atoms with Crippen LogP contribution in [0.2, 0.25) is 5.02 Å². The van der Waals surface area contributed by atoms with Crippen LogP contribution in [-0.2, 0) is 18.3 Å². The summed E-state index contributed by atoms with van der Waals surface area (Å²) in [4.78, 5) is 9.49. The molecule has 2 heterocycles. The molecule has 1 aromatic rings. The Kier molecular flexibility index (Phi) is 7.59. The molecular weight excluding hydrogens is 338 g/mol. The highest BCUT2D eigenvalue weighted by molar-refractivity contribution is 6.30. The van der Waals surface area contributed by atoms with Crippen LogP contribution in [0.3, 0.4) is 0 Å². The summed E-state index contributed by atoms with van der Waals surface area (Å²) in [5.41, 5.74) is 1.16. The lowest BCUT2D eigenvalue weighted by Crippen LogP contribution is -2.49. The minimum absolute atomic E-state index is 0.394. The van der Waals surface area contributed by atoms with Crippen molar-refractivity contribution >= 4 is 17.6 Å². The summed E-state index contributed by atoms with van der Waals surface area (Å²) in [7, 11) is 4.07.